The van der Waals surface area contributed by atoms with Crippen molar-refractivity contribution in [2.75, 3.05) is 6.54 Å². The van der Waals surface area contributed by atoms with E-state index in [9.17, 15) is 17.6 Å². The lowest BCUT2D eigenvalue weighted by molar-refractivity contribution is -0.125. The first kappa shape index (κ1) is 18.3. The molecular weight excluding hydrogens is 343 g/mol. The monoisotopic (exact) mass is 368 g/mol. The number of amides is 1. The molecule has 0 aromatic heterocycles. The molecule has 25 heavy (non-hydrogen) atoms. The number of halogens is 1. The van der Waals surface area contributed by atoms with E-state index in [2.05, 4.69) is 5.32 Å². The van der Waals surface area contributed by atoms with E-state index in [0.717, 1.165) is 31.7 Å². The summed E-state index contributed by atoms with van der Waals surface area (Å²) in [4.78, 5) is 12.7. The lowest BCUT2D eigenvalue weighted by Crippen LogP contribution is -2.49. The molecule has 0 bridgehead atoms. The van der Waals surface area contributed by atoms with E-state index in [1.54, 1.807) is 6.92 Å². The first-order valence-electron chi connectivity index (χ1n) is 8.98. The lowest BCUT2D eigenvalue weighted by Gasteiger charge is -2.28. The van der Waals surface area contributed by atoms with E-state index in [1.807, 2.05) is 0 Å². The predicted molar refractivity (Wildman–Crippen MR) is 93.1 cm³/mol. The average Bonchev–Trinajstić information content (AvgIpc) is 3.06. The number of hydrogen-bond donors (Lipinski definition) is 1. The average molecular weight is 368 g/mol. The van der Waals surface area contributed by atoms with Gasteiger partial charge in [-0.05, 0) is 56.4 Å². The molecule has 2 aliphatic rings. The summed E-state index contributed by atoms with van der Waals surface area (Å²) in [5, 5.41) is 3.03. The van der Waals surface area contributed by atoms with Crippen molar-refractivity contribution in [2.45, 2.75) is 68.8 Å². The molecule has 5 nitrogen and oxygen atoms in total. The number of benzene rings is 1. The summed E-state index contributed by atoms with van der Waals surface area (Å²) in [5.74, 6) is -0.669. The zero-order valence-corrected chi connectivity index (χ0v) is 15.3. The van der Waals surface area contributed by atoms with E-state index < -0.39 is 21.9 Å². The quantitative estimate of drug-likeness (QED) is 0.889. The minimum atomic E-state index is -3.82. The predicted octanol–water partition coefficient (Wildman–Crippen LogP) is 2.74. The summed E-state index contributed by atoms with van der Waals surface area (Å²) in [5.41, 5.74) is 0.360. The van der Waals surface area contributed by atoms with Crippen LogP contribution >= 0.6 is 0 Å². The number of rotatable bonds is 4. The Labute approximate surface area is 148 Å². The maximum Gasteiger partial charge on any atom is 0.244 e. The second-order valence-corrected chi connectivity index (χ2v) is 8.89. The fraction of sp³-hybridized carbons (Fsp3) is 0.611. The van der Waals surface area contributed by atoms with Crippen LogP contribution in [0.25, 0.3) is 0 Å². The summed E-state index contributed by atoms with van der Waals surface area (Å²) < 4.78 is 40.6. The Morgan fingerprint density at radius 1 is 1.16 bits per heavy atom. The highest BCUT2D eigenvalue weighted by Crippen LogP contribution is 2.29. The molecule has 1 amide bonds. The van der Waals surface area contributed by atoms with Crippen molar-refractivity contribution in [1.29, 1.82) is 0 Å². The van der Waals surface area contributed by atoms with Gasteiger partial charge in [-0.3, -0.25) is 4.79 Å². The zero-order valence-electron chi connectivity index (χ0n) is 14.5. The maximum absolute atomic E-state index is 13.3. The fourth-order valence-electron chi connectivity index (χ4n) is 3.86. The van der Waals surface area contributed by atoms with Gasteiger partial charge in [-0.1, -0.05) is 19.3 Å². The van der Waals surface area contributed by atoms with Crippen LogP contribution in [-0.2, 0) is 14.8 Å². The van der Waals surface area contributed by atoms with Crippen molar-refractivity contribution < 1.29 is 17.6 Å². The highest BCUT2D eigenvalue weighted by Gasteiger charge is 2.40. The molecule has 138 valence electrons. The van der Waals surface area contributed by atoms with Crippen molar-refractivity contribution >= 4 is 15.9 Å². The lowest BCUT2D eigenvalue weighted by atomic mass is 9.95. The second kappa shape index (κ2) is 7.41. The van der Waals surface area contributed by atoms with Crippen LogP contribution in [0.2, 0.25) is 0 Å². The van der Waals surface area contributed by atoms with E-state index in [-0.39, 0.29) is 16.8 Å². The van der Waals surface area contributed by atoms with Gasteiger partial charge in [0.05, 0.1) is 4.90 Å². The number of aryl methyl sites for hydroxylation is 1. The topological polar surface area (TPSA) is 66.5 Å². The number of nitrogens with zero attached hydrogens (tertiary/aromatic N) is 1. The third-order valence-corrected chi connectivity index (χ3v) is 7.25. The highest BCUT2D eigenvalue weighted by molar-refractivity contribution is 7.89. The molecule has 1 saturated heterocycles. The third kappa shape index (κ3) is 3.87. The summed E-state index contributed by atoms with van der Waals surface area (Å²) in [6, 6.07) is 3.12. The normalized spacial score (nSPS) is 22.9. The van der Waals surface area contributed by atoms with Crippen LogP contribution < -0.4 is 5.32 Å². The van der Waals surface area contributed by atoms with Gasteiger partial charge >= 0.3 is 0 Å². The third-order valence-electron chi connectivity index (χ3n) is 5.18. The molecule has 1 aliphatic heterocycles. The summed E-state index contributed by atoms with van der Waals surface area (Å²) >= 11 is 0. The molecule has 2 fully saturated rings. The molecule has 1 aromatic rings. The summed E-state index contributed by atoms with van der Waals surface area (Å²) in [6.07, 6.45) is 6.50. The van der Waals surface area contributed by atoms with Gasteiger partial charge < -0.3 is 5.32 Å². The molecule has 0 radical (unpaired) electrons. The minimum absolute atomic E-state index is 0.0752. The van der Waals surface area contributed by atoms with Crippen molar-refractivity contribution in [1.82, 2.24) is 9.62 Å². The van der Waals surface area contributed by atoms with E-state index in [4.69, 9.17) is 0 Å². The van der Waals surface area contributed by atoms with E-state index >= 15 is 0 Å². The Hall–Kier alpha value is -1.47. The van der Waals surface area contributed by atoms with Gasteiger partial charge in [0.2, 0.25) is 15.9 Å². The molecule has 1 N–H and O–H groups in total. The van der Waals surface area contributed by atoms with Gasteiger partial charge in [-0.25, -0.2) is 12.8 Å². The smallest absolute Gasteiger partial charge is 0.244 e. The van der Waals surface area contributed by atoms with Crippen LogP contribution in [-0.4, -0.2) is 37.3 Å². The summed E-state index contributed by atoms with van der Waals surface area (Å²) in [6.45, 7) is 1.89. The van der Waals surface area contributed by atoms with E-state index in [1.165, 1.54) is 22.9 Å². The maximum atomic E-state index is 13.3. The molecule has 1 heterocycles. The van der Waals surface area contributed by atoms with Gasteiger partial charge in [-0.2, -0.15) is 4.31 Å². The summed E-state index contributed by atoms with van der Waals surface area (Å²) in [7, 11) is -3.82. The Morgan fingerprint density at radius 2 is 1.88 bits per heavy atom. The number of carbonyl (C=O) groups is 1. The van der Waals surface area contributed by atoms with Crippen LogP contribution in [0.4, 0.5) is 4.39 Å². The Balaban J connectivity index is 1.78. The number of hydrogen-bond acceptors (Lipinski definition) is 3. The van der Waals surface area contributed by atoms with Crippen molar-refractivity contribution in [3.63, 3.8) is 0 Å². The molecule has 1 atom stereocenters. The Kier molecular flexibility index (Phi) is 5.43. The van der Waals surface area contributed by atoms with Gasteiger partial charge in [0.15, 0.2) is 0 Å². The molecule has 1 aliphatic carbocycles. The van der Waals surface area contributed by atoms with E-state index in [0.29, 0.717) is 24.9 Å². The largest absolute Gasteiger partial charge is 0.352 e. The van der Waals surface area contributed by atoms with Crippen LogP contribution in [0.15, 0.2) is 23.1 Å². The molecule has 7 heteroatoms. The number of nitrogens with one attached hydrogen (secondary N) is 1. The van der Waals surface area contributed by atoms with Gasteiger partial charge in [0.25, 0.3) is 0 Å². The molecule has 1 saturated carbocycles. The van der Waals surface area contributed by atoms with Gasteiger partial charge in [0, 0.05) is 12.6 Å². The zero-order chi connectivity index (χ0) is 18.0. The SMILES string of the molecule is Cc1cc(F)ccc1S(=O)(=O)N1CCC[C@H]1C(=O)NC1CCCCC1. The number of sulfonamides is 1. The van der Waals surface area contributed by atoms with Crippen LogP contribution in [0.5, 0.6) is 0 Å². The fourth-order valence-corrected chi connectivity index (χ4v) is 5.73. The van der Waals surface area contributed by atoms with Crippen molar-refractivity contribution in [2.24, 2.45) is 0 Å². The van der Waals surface area contributed by atoms with Crippen molar-refractivity contribution in [3.8, 4) is 0 Å². The van der Waals surface area contributed by atoms with Gasteiger partial charge in [-0.15, -0.1) is 0 Å². The molecule has 3 rings (SSSR count). The standard InChI is InChI=1S/C18H25FN2O3S/c1-13-12-14(19)9-10-17(13)25(23,24)21-11-5-8-16(21)18(22)20-15-6-3-2-4-7-15/h9-10,12,15-16H,2-8,11H2,1H3,(H,20,22)/t16-/m0/s1. The van der Waals surface area contributed by atoms with Crippen LogP contribution in [0.3, 0.4) is 0 Å². The van der Waals surface area contributed by atoms with Crippen LogP contribution in [0, 0.1) is 12.7 Å². The Bertz CT molecular complexity index is 745. The first-order valence-corrected chi connectivity index (χ1v) is 10.4. The molecule has 0 spiro atoms. The number of carbonyl (C=O) groups excluding carboxylic acids is 1. The van der Waals surface area contributed by atoms with Crippen LogP contribution in [0.1, 0.15) is 50.5 Å². The minimum Gasteiger partial charge on any atom is -0.352 e. The molecule has 0 unspecified atom stereocenters. The second-order valence-electron chi connectivity index (χ2n) is 7.03. The highest BCUT2D eigenvalue weighted by atomic mass is 32.2. The van der Waals surface area contributed by atoms with Crippen molar-refractivity contribution in [3.05, 3.63) is 29.6 Å². The van der Waals surface area contributed by atoms with Gasteiger partial charge in [0.1, 0.15) is 11.9 Å². The first-order chi connectivity index (χ1) is 11.9. The Morgan fingerprint density at radius 3 is 2.56 bits per heavy atom. The molecular formula is C18H25FN2O3S. The molecule has 1 aromatic carbocycles.